The molecule has 1 fully saturated rings. The zero-order valence-corrected chi connectivity index (χ0v) is 12.7. The SMILES string of the molecule is COC(CN)CC(=O)N1CCN(CC(=O)N(C)C)CC1. The van der Waals surface area contributed by atoms with Gasteiger partial charge in [0.05, 0.1) is 19.1 Å². The van der Waals surface area contributed by atoms with Gasteiger partial charge in [0.15, 0.2) is 0 Å². The summed E-state index contributed by atoms with van der Waals surface area (Å²) in [7, 11) is 5.06. The second kappa shape index (κ2) is 8.18. The van der Waals surface area contributed by atoms with Gasteiger partial charge in [-0.15, -0.1) is 0 Å². The fourth-order valence-corrected chi connectivity index (χ4v) is 2.07. The Labute approximate surface area is 120 Å². The summed E-state index contributed by atoms with van der Waals surface area (Å²) in [6.45, 7) is 3.52. The molecule has 0 radical (unpaired) electrons. The molecule has 1 heterocycles. The summed E-state index contributed by atoms with van der Waals surface area (Å²) < 4.78 is 5.13. The molecule has 7 nitrogen and oxygen atoms in total. The van der Waals surface area contributed by atoms with Crippen molar-refractivity contribution in [2.75, 3.05) is 60.5 Å². The molecule has 0 aromatic rings. The first-order valence-corrected chi connectivity index (χ1v) is 6.91. The third-order valence-electron chi connectivity index (χ3n) is 3.58. The van der Waals surface area contributed by atoms with Crippen LogP contribution in [0.3, 0.4) is 0 Å². The monoisotopic (exact) mass is 286 g/mol. The number of carbonyl (C=O) groups excluding carboxylic acids is 2. The van der Waals surface area contributed by atoms with Crippen LogP contribution in [0.2, 0.25) is 0 Å². The molecule has 0 saturated carbocycles. The van der Waals surface area contributed by atoms with Crippen LogP contribution in [-0.2, 0) is 14.3 Å². The predicted molar refractivity (Wildman–Crippen MR) is 76.2 cm³/mol. The predicted octanol–water partition coefficient (Wildman–Crippen LogP) is -1.42. The number of nitrogens with zero attached hydrogens (tertiary/aromatic N) is 3. The third-order valence-corrected chi connectivity index (χ3v) is 3.58. The Morgan fingerprint density at radius 3 is 2.30 bits per heavy atom. The van der Waals surface area contributed by atoms with Gasteiger partial charge in [0.25, 0.3) is 0 Å². The fourth-order valence-electron chi connectivity index (χ4n) is 2.07. The minimum atomic E-state index is -0.212. The second-order valence-corrected chi connectivity index (χ2v) is 5.24. The summed E-state index contributed by atoms with van der Waals surface area (Å²) in [6.07, 6.45) is 0.111. The third kappa shape index (κ3) is 5.07. The van der Waals surface area contributed by atoms with Gasteiger partial charge in [-0.2, -0.15) is 0 Å². The van der Waals surface area contributed by atoms with Crippen molar-refractivity contribution in [2.45, 2.75) is 12.5 Å². The Kier molecular flexibility index (Phi) is 6.90. The molecule has 7 heteroatoms. The van der Waals surface area contributed by atoms with Crippen LogP contribution < -0.4 is 5.73 Å². The molecule has 0 aromatic heterocycles. The maximum Gasteiger partial charge on any atom is 0.236 e. The lowest BCUT2D eigenvalue weighted by Gasteiger charge is -2.35. The Morgan fingerprint density at radius 1 is 1.25 bits per heavy atom. The second-order valence-electron chi connectivity index (χ2n) is 5.24. The molecular formula is C13H26N4O3. The van der Waals surface area contributed by atoms with Gasteiger partial charge in [-0.1, -0.05) is 0 Å². The molecule has 0 aliphatic carbocycles. The highest BCUT2D eigenvalue weighted by Gasteiger charge is 2.24. The smallest absolute Gasteiger partial charge is 0.236 e. The van der Waals surface area contributed by atoms with Gasteiger partial charge < -0.3 is 20.3 Å². The van der Waals surface area contributed by atoms with Gasteiger partial charge >= 0.3 is 0 Å². The van der Waals surface area contributed by atoms with E-state index < -0.39 is 0 Å². The van der Waals surface area contributed by atoms with E-state index >= 15 is 0 Å². The number of piperazine rings is 1. The van der Waals surface area contributed by atoms with E-state index in [2.05, 4.69) is 4.90 Å². The van der Waals surface area contributed by atoms with E-state index in [4.69, 9.17) is 10.5 Å². The van der Waals surface area contributed by atoms with Gasteiger partial charge in [-0.25, -0.2) is 0 Å². The Bertz CT molecular complexity index is 324. The topological polar surface area (TPSA) is 79.1 Å². The first-order valence-electron chi connectivity index (χ1n) is 6.91. The van der Waals surface area contributed by atoms with Crippen LogP contribution in [-0.4, -0.2) is 93.1 Å². The first-order chi connectivity index (χ1) is 9.47. The summed E-state index contributed by atoms with van der Waals surface area (Å²) in [5.41, 5.74) is 5.52. The standard InChI is InChI=1S/C13H26N4O3/c1-15(2)13(19)10-16-4-6-17(7-5-16)12(18)8-11(9-14)20-3/h11H,4-10,14H2,1-3H3. The number of ether oxygens (including phenoxy) is 1. The summed E-state index contributed by atoms with van der Waals surface area (Å²) >= 11 is 0. The van der Waals surface area contributed by atoms with E-state index in [0.29, 0.717) is 32.6 Å². The van der Waals surface area contributed by atoms with Gasteiger partial charge in [0.1, 0.15) is 0 Å². The number of hydrogen-bond donors (Lipinski definition) is 1. The number of methoxy groups -OCH3 is 1. The number of carbonyl (C=O) groups is 2. The van der Waals surface area contributed by atoms with E-state index in [1.165, 1.54) is 0 Å². The van der Waals surface area contributed by atoms with Gasteiger partial charge in [-0.3, -0.25) is 14.5 Å². The highest BCUT2D eigenvalue weighted by atomic mass is 16.5. The number of hydrogen-bond acceptors (Lipinski definition) is 5. The lowest BCUT2D eigenvalue weighted by molar-refractivity contribution is -0.136. The molecule has 1 rings (SSSR count). The lowest BCUT2D eigenvalue weighted by atomic mass is 10.2. The van der Waals surface area contributed by atoms with Crippen LogP contribution in [0.5, 0.6) is 0 Å². The minimum Gasteiger partial charge on any atom is -0.380 e. The summed E-state index contributed by atoms with van der Waals surface area (Å²) in [5, 5.41) is 0. The number of likely N-dealkylation sites (N-methyl/N-ethyl adjacent to an activating group) is 1. The molecule has 116 valence electrons. The van der Waals surface area contributed by atoms with Gasteiger partial charge in [-0.05, 0) is 0 Å². The van der Waals surface area contributed by atoms with Gasteiger partial charge in [0, 0.05) is 53.9 Å². The molecule has 1 saturated heterocycles. The van der Waals surface area contributed by atoms with E-state index in [9.17, 15) is 9.59 Å². The minimum absolute atomic E-state index is 0.0703. The Hall–Kier alpha value is -1.18. The molecule has 1 aliphatic rings. The van der Waals surface area contributed by atoms with Crippen molar-refractivity contribution in [2.24, 2.45) is 5.73 Å². The number of rotatable bonds is 6. The van der Waals surface area contributed by atoms with E-state index in [0.717, 1.165) is 13.1 Å². The molecule has 20 heavy (non-hydrogen) atoms. The lowest BCUT2D eigenvalue weighted by Crippen LogP contribution is -2.51. The van der Waals surface area contributed by atoms with Crippen molar-refractivity contribution in [3.8, 4) is 0 Å². The summed E-state index contributed by atoms with van der Waals surface area (Å²) in [5.74, 6) is 0.160. The summed E-state index contributed by atoms with van der Waals surface area (Å²) in [4.78, 5) is 29.2. The highest BCUT2D eigenvalue weighted by molar-refractivity contribution is 5.78. The molecule has 0 spiro atoms. The molecule has 0 bridgehead atoms. The molecule has 2 N–H and O–H groups in total. The molecule has 1 atom stereocenters. The Balaban J connectivity index is 2.34. The number of amides is 2. The van der Waals surface area contributed by atoms with E-state index in [1.807, 2.05) is 4.90 Å². The highest BCUT2D eigenvalue weighted by Crippen LogP contribution is 2.06. The average molecular weight is 286 g/mol. The summed E-state index contributed by atoms with van der Waals surface area (Å²) in [6, 6.07) is 0. The van der Waals surface area contributed by atoms with E-state index in [1.54, 1.807) is 26.1 Å². The number of nitrogens with two attached hydrogens (primary N) is 1. The average Bonchev–Trinajstić information content (AvgIpc) is 2.45. The van der Waals surface area contributed by atoms with Crippen LogP contribution >= 0.6 is 0 Å². The van der Waals surface area contributed by atoms with Crippen LogP contribution in [0.15, 0.2) is 0 Å². The zero-order chi connectivity index (χ0) is 15.1. The van der Waals surface area contributed by atoms with Crippen LogP contribution in [0.1, 0.15) is 6.42 Å². The van der Waals surface area contributed by atoms with Crippen molar-refractivity contribution in [1.82, 2.24) is 14.7 Å². The first kappa shape index (κ1) is 16.9. The van der Waals surface area contributed by atoms with Gasteiger partial charge in [0.2, 0.25) is 11.8 Å². The largest absolute Gasteiger partial charge is 0.380 e. The quantitative estimate of drug-likeness (QED) is 0.648. The normalized spacial score (nSPS) is 17.9. The zero-order valence-electron chi connectivity index (χ0n) is 12.7. The van der Waals surface area contributed by atoms with Crippen LogP contribution in [0, 0.1) is 0 Å². The maximum absolute atomic E-state index is 12.1. The van der Waals surface area contributed by atoms with Crippen molar-refractivity contribution < 1.29 is 14.3 Å². The van der Waals surface area contributed by atoms with Crippen molar-refractivity contribution >= 4 is 11.8 Å². The maximum atomic E-state index is 12.1. The van der Waals surface area contributed by atoms with Crippen LogP contribution in [0.4, 0.5) is 0 Å². The van der Waals surface area contributed by atoms with Crippen molar-refractivity contribution in [1.29, 1.82) is 0 Å². The molecular weight excluding hydrogens is 260 g/mol. The van der Waals surface area contributed by atoms with Crippen molar-refractivity contribution in [3.63, 3.8) is 0 Å². The van der Waals surface area contributed by atoms with E-state index in [-0.39, 0.29) is 17.9 Å². The molecule has 1 aliphatic heterocycles. The Morgan fingerprint density at radius 2 is 1.85 bits per heavy atom. The molecule has 1 unspecified atom stereocenters. The molecule has 2 amide bonds. The fraction of sp³-hybridized carbons (Fsp3) is 0.846. The molecule has 0 aromatic carbocycles. The van der Waals surface area contributed by atoms with Crippen LogP contribution in [0.25, 0.3) is 0 Å². The van der Waals surface area contributed by atoms with Crippen molar-refractivity contribution in [3.05, 3.63) is 0 Å².